The van der Waals surface area contributed by atoms with E-state index in [2.05, 4.69) is 0 Å². The van der Waals surface area contributed by atoms with E-state index in [-0.39, 0.29) is 11.4 Å². The molecule has 0 saturated carbocycles. The second-order valence-electron chi connectivity index (χ2n) is 3.87. The molecule has 1 amide bonds. The highest BCUT2D eigenvalue weighted by atomic mass is 32.2. The van der Waals surface area contributed by atoms with Crippen LogP contribution in [0, 0.1) is 0 Å². The van der Waals surface area contributed by atoms with Gasteiger partial charge in [-0.1, -0.05) is 18.2 Å². The number of hydrogen-bond acceptors (Lipinski definition) is 4. The van der Waals surface area contributed by atoms with Crippen LogP contribution in [0.3, 0.4) is 0 Å². The molecule has 0 aliphatic heterocycles. The number of primary amides is 1. The van der Waals surface area contributed by atoms with Crippen molar-refractivity contribution in [3.05, 3.63) is 29.8 Å². The average molecular weight is 268 g/mol. The number of hydrogen-bond donors (Lipinski definition) is 1. The Kier molecular flexibility index (Phi) is 2.78. The van der Waals surface area contributed by atoms with Crippen LogP contribution < -0.4 is 10.0 Å². The summed E-state index contributed by atoms with van der Waals surface area (Å²) in [5.41, 5.74) is 5.77. The van der Waals surface area contributed by atoms with Crippen molar-refractivity contribution >= 4 is 32.8 Å². The van der Waals surface area contributed by atoms with Crippen LogP contribution in [0.4, 0.5) is 5.88 Å². The third kappa shape index (κ3) is 1.92. The lowest BCUT2D eigenvalue weighted by Crippen LogP contribution is -2.27. The number of nitrogens with zero attached hydrogens (tertiary/aromatic N) is 1. The molecule has 2 rings (SSSR count). The van der Waals surface area contributed by atoms with E-state index in [1.165, 1.54) is 7.05 Å². The normalized spacial score (nSPS) is 11.7. The fraction of sp³-hybridized carbons (Fsp3) is 0.182. The first-order valence-corrected chi connectivity index (χ1v) is 6.92. The lowest BCUT2D eigenvalue weighted by Gasteiger charge is -2.13. The van der Waals surface area contributed by atoms with Gasteiger partial charge in [-0.3, -0.25) is 4.79 Å². The van der Waals surface area contributed by atoms with Gasteiger partial charge >= 0.3 is 0 Å². The van der Waals surface area contributed by atoms with Gasteiger partial charge in [0.05, 0.1) is 6.26 Å². The van der Waals surface area contributed by atoms with Gasteiger partial charge < -0.3 is 10.2 Å². The highest BCUT2D eigenvalue weighted by Gasteiger charge is 2.25. The number of amides is 1. The van der Waals surface area contributed by atoms with E-state index < -0.39 is 15.9 Å². The number of para-hydroxylation sites is 1. The number of furan rings is 1. The molecule has 2 aromatic rings. The Morgan fingerprint density at radius 2 is 1.94 bits per heavy atom. The second-order valence-corrected chi connectivity index (χ2v) is 5.89. The minimum Gasteiger partial charge on any atom is -0.439 e. The topological polar surface area (TPSA) is 93.6 Å². The summed E-state index contributed by atoms with van der Waals surface area (Å²) in [6.07, 6.45) is 1.02. The Balaban J connectivity index is 2.79. The molecule has 18 heavy (non-hydrogen) atoms. The zero-order chi connectivity index (χ0) is 13.5. The third-order valence-corrected chi connectivity index (χ3v) is 3.77. The summed E-state index contributed by atoms with van der Waals surface area (Å²) >= 11 is 0. The summed E-state index contributed by atoms with van der Waals surface area (Å²) in [6.45, 7) is 0. The molecule has 0 aliphatic rings. The molecule has 0 radical (unpaired) electrons. The summed E-state index contributed by atoms with van der Waals surface area (Å²) in [4.78, 5) is 11.5. The molecule has 0 unspecified atom stereocenters. The quantitative estimate of drug-likeness (QED) is 0.895. The molecule has 1 aromatic carbocycles. The van der Waals surface area contributed by atoms with Crippen LogP contribution in [0.15, 0.2) is 28.7 Å². The van der Waals surface area contributed by atoms with Crippen LogP contribution in [-0.4, -0.2) is 27.6 Å². The summed E-state index contributed by atoms with van der Waals surface area (Å²) in [5, 5.41) is 0.496. The molecule has 7 heteroatoms. The summed E-state index contributed by atoms with van der Waals surface area (Å²) in [6, 6.07) is 6.73. The van der Waals surface area contributed by atoms with E-state index in [9.17, 15) is 13.2 Å². The number of carbonyl (C=O) groups is 1. The maximum atomic E-state index is 11.5. The van der Waals surface area contributed by atoms with E-state index in [1.54, 1.807) is 24.3 Å². The minimum absolute atomic E-state index is 0.0637. The van der Waals surface area contributed by atoms with Crippen molar-refractivity contribution in [1.29, 1.82) is 0 Å². The standard InChI is InChI=1S/C11H12N2O4S/c1-13(18(2,15)16)11-9(10(12)14)7-5-3-4-6-8(7)17-11/h3-6H,1-2H3,(H2,12,14). The van der Waals surface area contributed by atoms with Crippen LogP contribution in [-0.2, 0) is 10.0 Å². The monoisotopic (exact) mass is 268 g/mol. The van der Waals surface area contributed by atoms with Gasteiger partial charge in [-0.2, -0.15) is 0 Å². The fourth-order valence-electron chi connectivity index (χ4n) is 1.64. The average Bonchev–Trinajstić information content (AvgIpc) is 2.65. The summed E-state index contributed by atoms with van der Waals surface area (Å²) in [7, 11) is -2.22. The molecule has 0 aliphatic carbocycles. The highest BCUT2D eigenvalue weighted by molar-refractivity contribution is 7.92. The molecule has 1 aromatic heterocycles. The third-order valence-electron chi connectivity index (χ3n) is 2.61. The van der Waals surface area contributed by atoms with Crippen molar-refractivity contribution in [1.82, 2.24) is 0 Å². The van der Waals surface area contributed by atoms with Crippen LogP contribution in [0.5, 0.6) is 0 Å². The van der Waals surface area contributed by atoms with Gasteiger partial charge in [0.15, 0.2) is 0 Å². The minimum atomic E-state index is -3.53. The maximum Gasteiger partial charge on any atom is 0.254 e. The van der Waals surface area contributed by atoms with E-state index >= 15 is 0 Å². The van der Waals surface area contributed by atoms with E-state index in [0.717, 1.165) is 10.6 Å². The van der Waals surface area contributed by atoms with Gasteiger partial charge in [0, 0.05) is 12.4 Å². The molecule has 2 N–H and O–H groups in total. The number of carbonyl (C=O) groups excluding carboxylic acids is 1. The fourth-order valence-corrected chi connectivity index (χ4v) is 2.07. The Bertz CT molecular complexity index is 718. The molecule has 0 spiro atoms. The molecule has 0 bridgehead atoms. The predicted octanol–water partition coefficient (Wildman–Crippen LogP) is 0.928. The Morgan fingerprint density at radius 1 is 1.33 bits per heavy atom. The van der Waals surface area contributed by atoms with Crippen LogP contribution >= 0.6 is 0 Å². The van der Waals surface area contributed by atoms with E-state index in [0.29, 0.717) is 11.0 Å². The number of benzene rings is 1. The Hall–Kier alpha value is -2.02. The predicted molar refractivity (Wildman–Crippen MR) is 68.0 cm³/mol. The SMILES string of the molecule is CN(c1oc2ccccc2c1C(N)=O)S(C)(=O)=O. The van der Waals surface area contributed by atoms with Gasteiger partial charge in [0.1, 0.15) is 11.1 Å². The first kappa shape index (κ1) is 12.4. The zero-order valence-electron chi connectivity index (χ0n) is 9.88. The Labute approximate surface area is 104 Å². The molecule has 0 fully saturated rings. The van der Waals surface area contributed by atoms with Crippen molar-refractivity contribution in [3.8, 4) is 0 Å². The van der Waals surface area contributed by atoms with E-state index in [1.807, 2.05) is 0 Å². The second kappa shape index (κ2) is 4.02. The number of anilines is 1. The molecular weight excluding hydrogens is 256 g/mol. The molecule has 0 saturated heterocycles. The summed E-state index contributed by atoms with van der Waals surface area (Å²) < 4.78 is 29.3. The first-order valence-electron chi connectivity index (χ1n) is 5.07. The van der Waals surface area contributed by atoms with Gasteiger partial charge in [-0.15, -0.1) is 0 Å². The zero-order valence-corrected chi connectivity index (χ0v) is 10.7. The van der Waals surface area contributed by atoms with Crippen molar-refractivity contribution in [3.63, 3.8) is 0 Å². The van der Waals surface area contributed by atoms with Crippen molar-refractivity contribution in [2.45, 2.75) is 0 Å². The van der Waals surface area contributed by atoms with Crippen LogP contribution in [0.1, 0.15) is 10.4 Å². The molecular formula is C11H12N2O4S. The number of nitrogens with two attached hydrogens (primary N) is 1. The number of sulfonamides is 1. The number of rotatable bonds is 3. The van der Waals surface area contributed by atoms with Crippen molar-refractivity contribution in [2.24, 2.45) is 5.73 Å². The highest BCUT2D eigenvalue weighted by Crippen LogP contribution is 2.32. The van der Waals surface area contributed by atoms with Crippen LogP contribution in [0.2, 0.25) is 0 Å². The largest absolute Gasteiger partial charge is 0.439 e. The van der Waals surface area contributed by atoms with E-state index in [4.69, 9.17) is 10.2 Å². The molecule has 1 heterocycles. The summed E-state index contributed by atoms with van der Waals surface area (Å²) in [5.74, 6) is -0.795. The van der Waals surface area contributed by atoms with Crippen molar-refractivity contribution < 1.29 is 17.6 Å². The lowest BCUT2D eigenvalue weighted by atomic mass is 10.1. The van der Waals surface area contributed by atoms with Gasteiger partial charge in [-0.25, -0.2) is 12.7 Å². The first-order chi connectivity index (χ1) is 8.32. The molecule has 6 nitrogen and oxygen atoms in total. The number of fused-ring (bicyclic) bond motifs is 1. The smallest absolute Gasteiger partial charge is 0.254 e. The van der Waals surface area contributed by atoms with Crippen molar-refractivity contribution in [2.75, 3.05) is 17.6 Å². The molecule has 96 valence electrons. The van der Waals surface area contributed by atoms with Gasteiger partial charge in [0.2, 0.25) is 15.9 Å². The van der Waals surface area contributed by atoms with Gasteiger partial charge in [-0.05, 0) is 6.07 Å². The van der Waals surface area contributed by atoms with Gasteiger partial charge in [0.25, 0.3) is 5.91 Å². The maximum absolute atomic E-state index is 11.5. The Morgan fingerprint density at radius 3 is 2.50 bits per heavy atom. The molecule has 0 atom stereocenters. The lowest BCUT2D eigenvalue weighted by molar-refractivity contribution is 0.100. The van der Waals surface area contributed by atoms with Crippen LogP contribution in [0.25, 0.3) is 11.0 Å².